The van der Waals surface area contributed by atoms with E-state index in [-0.39, 0.29) is 18.3 Å². The standard InChI is InChI=1S/C25H29NO6/c1-6-32-24(27)10-8-18(16-7-9-20(28-2)21(13-16)29-3)25-19-15-23(31-5)22(30-4)14-17(19)11-12-26-25/h7,9,11-15,18H,6,8,10H2,1-5H3. The molecule has 0 radical (unpaired) electrons. The van der Waals surface area contributed by atoms with E-state index in [1.165, 1.54) is 0 Å². The average Bonchev–Trinajstić information content (AvgIpc) is 2.83. The van der Waals surface area contributed by atoms with E-state index in [0.717, 1.165) is 22.0 Å². The molecule has 0 N–H and O–H groups in total. The van der Waals surface area contributed by atoms with E-state index in [9.17, 15) is 4.79 Å². The predicted molar refractivity (Wildman–Crippen MR) is 122 cm³/mol. The summed E-state index contributed by atoms with van der Waals surface area (Å²) in [5.74, 6) is 2.10. The monoisotopic (exact) mass is 439 g/mol. The Morgan fingerprint density at radius 3 is 2.19 bits per heavy atom. The number of carbonyl (C=O) groups excluding carboxylic acids is 1. The van der Waals surface area contributed by atoms with Crippen LogP contribution in [0.4, 0.5) is 0 Å². The van der Waals surface area contributed by atoms with Gasteiger partial charge in [-0.25, -0.2) is 0 Å². The smallest absolute Gasteiger partial charge is 0.305 e. The summed E-state index contributed by atoms with van der Waals surface area (Å²) in [6.45, 7) is 2.15. The third-order valence-corrected chi connectivity index (χ3v) is 5.38. The fourth-order valence-electron chi connectivity index (χ4n) is 3.83. The maximum atomic E-state index is 12.2. The topological polar surface area (TPSA) is 76.1 Å². The number of esters is 1. The van der Waals surface area contributed by atoms with Gasteiger partial charge in [0, 0.05) is 23.9 Å². The molecule has 1 unspecified atom stereocenters. The van der Waals surface area contributed by atoms with Crippen molar-refractivity contribution in [3.8, 4) is 23.0 Å². The van der Waals surface area contributed by atoms with Crippen molar-refractivity contribution in [2.75, 3.05) is 35.0 Å². The zero-order valence-corrected chi connectivity index (χ0v) is 19.1. The Morgan fingerprint density at radius 2 is 1.53 bits per heavy atom. The fourth-order valence-corrected chi connectivity index (χ4v) is 3.83. The van der Waals surface area contributed by atoms with Crippen molar-refractivity contribution >= 4 is 16.7 Å². The Labute approximate surface area is 188 Å². The maximum absolute atomic E-state index is 12.2. The molecule has 0 saturated carbocycles. The SMILES string of the molecule is CCOC(=O)CCC(c1ccc(OC)c(OC)c1)c1nccc2cc(OC)c(OC)cc12. The molecule has 2 aromatic carbocycles. The largest absolute Gasteiger partial charge is 0.493 e. The van der Waals surface area contributed by atoms with Crippen molar-refractivity contribution in [1.82, 2.24) is 4.98 Å². The number of aromatic nitrogens is 1. The van der Waals surface area contributed by atoms with E-state index < -0.39 is 0 Å². The number of hydrogen-bond acceptors (Lipinski definition) is 7. The minimum Gasteiger partial charge on any atom is -0.493 e. The number of benzene rings is 2. The molecule has 3 rings (SSSR count). The molecule has 0 bridgehead atoms. The number of rotatable bonds is 10. The van der Waals surface area contributed by atoms with Crippen molar-refractivity contribution in [1.29, 1.82) is 0 Å². The van der Waals surface area contributed by atoms with Crippen molar-refractivity contribution in [2.24, 2.45) is 0 Å². The first-order chi connectivity index (χ1) is 15.6. The van der Waals surface area contributed by atoms with Crippen molar-refractivity contribution in [3.05, 3.63) is 53.9 Å². The van der Waals surface area contributed by atoms with Gasteiger partial charge in [-0.3, -0.25) is 9.78 Å². The lowest BCUT2D eigenvalue weighted by molar-refractivity contribution is -0.143. The molecule has 3 aromatic rings. The molecule has 7 nitrogen and oxygen atoms in total. The third-order valence-electron chi connectivity index (χ3n) is 5.38. The van der Waals surface area contributed by atoms with Crippen LogP contribution in [0.15, 0.2) is 42.6 Å². The van der Waals surface area contributed by atoms with Crippen LogP contribution in [-0.2, 0) is 9.53 Å². The van der Waals surface area contributed by atoms with Crippen molar-refractivity contribution < 1.29 is 28.5 Å². The second kappa shape index (κ2) is 10.7. The molecule has 32 heavy (non-hydrogen) atoms. The molecular formula is C25H29NO6. The van der Waals surface area contributed by atoms with Crippen LogP contribution in [0.3, 0.4) is 0 Å². The first-order valence-corrected chi connectivity index (χ1v) is 10.4. The number of nitrogens with zero attached hydrogens (tertiary/aromatic N) is 1. The third kappa shape index (κ3) is 4.88. The molecule has 1 heterocycles. The van der Waals surface area contributed by atoms with Crippen LogP contribution in [0.25, 0.3) is 10.8 Å². The van der Waals surface area contributed by atoms with Crippen LogP contribution in [0, 0.1) is 0 Å². The lowest BCUT2D eigenvalue weighted by atomic mass is 9.88. The van der Waals surface area contributed by atoms with Crippen LogP contribution in [-0.4, -0.2) is 46.0 Å². The molecular weight excluding hydrogens is 410 g/mol. The Hall–Kier alpha value is -3.48. The van der Waals surface area contributed by atoms with Gasteiger partial charge in [0.15, 0.2) is 23.0 Å². The molecule has 0 fully saturated rings. The van der Waals surface area contributed by atoms with E-state index in [4.69, 9.17) is 28.7 Å². The highest BCUT2D eigenvalue weighted by Gasteiger charge is 2.23. The quantitative estimate of drug-likeness (QED) is 0.422. The molecule has 0 amide bonds. The van der Waals surface area contributed by atoms with E-state index in [1.54, 1.807) is 41.6 Å². The normalized spacial score (nSPS) is 11.7. The van der Waals surface area contributed by atoms with Crippen LogP contribution >= 0.6 is 0 Å². The predicted octanol–water partition coefficient (Wildman–Crippen LogP) is 4.74. The van der Waals surface area contributed by atoms with Gasteiger partial charge in [0.2, 0.25) is 0 Å². The van der Waals surface area contributed by atoms with Gasteiger partial charge in [-0.15, -0.1) is 0 Å². The molecule has 0 aliphatic rings. The molecule has 170 valence electrons. The van der Waals surface area contributed by atoms with Crippen molar-refractivity contribution in [3.63, 3.8) is 0 Å². The van der Waals surface area contributed by atoms with Gasteiger partial charge in [-0.1, -0.05) is 6.07 Å². The molecule has 0 spiro atoms. The van der Waals surface area contributed by atoms with Gasteiger partial charge >= 0.3 is 5.97 Å². The molecule has 1 atom stereocenters. The number of hydrogen-bond donors (Lipinski definition) is 0. The van der Waals surface area contributed by atoms with E-state index in [1.807, 2.05) is 36.4 Å². The Kier molecular flexibility index (Phi) is 7.76. The van der Waals surface area contributed by atoms with Gasteiger partial charge < -0.3 is 23.7 Å². The highest BCUT2D eigenvalue weighted by atomic mass is 16.5. The lowest BCUT2D eigenvalue weighted by Crippen LogP contribution is -2.10. The summed E-state index contributed by atoms with van der Waals surface area (Å²) in [5.41, 5.74) is 1.79. The Bertz CT molecular complexity index is 1080. The van der Waals surface area contributed by atoms with Crippen LogP contribution in [0.1, 0.15) is 36.9 Å². The number of fused-ring (bicyclic) bond motifs is 1. The zero-order valence-electron chi connectivity index (χ0n) is 19.1. The number of ether oxygens (including phenoxy) is 5. The van der Waals surface area contributed by atoms with E-state index >= 15 is 0 Å². The number of carbonyl (C=O) groups is 1. The second-order valence-corrected chi connectivity index (χ2v) is 7.14. The Morgan fingerprint density at radius 1 is 0.875 bits per heavy atom. The maximum Gasteiger partial charge on any atom is 0.305 e. The lowest BCUT2D eigenvalue weighted by Gasteiger charge is -2.21. The summed E-state index contributed by atoms with van der Waals surface area (Å²) in [7, 11) is 6.41. The number of pyridine rings is 1. The fraction of sp³-hybridized carbons (Fsp3) is 0.360. The summed E-state index contributed by atoms with van der Waals surface area (Å²) in [4.78, 5) is 16.9. The van der Waals surface area contributed by atoms with Crippen LogP contribution in [0.2, 0.25) is 0 Å². The van der Waals surface area contributed by atoms with E-state index in [2.05, 4.69) is 0 Å². The highest BCUT2D eigenvalue weighted by Crippen LogP contribution is 2.40. The molecule has 0 aliphatic heterocycles. The zero-order chi connectivity index (χ0) is 23.1. The summed E-state index contributed by atoms with van der Waals surface area (Å²) in [6, 6.07) is 11.5. The summed E-state index contributed by atoms with van der Waals surface area (Å²) < 4.78 is 27.0. The minimum atomic E-state index is -0.238. The summed E-state index contributed by atoms with van der Waals surface area (Å²) in [6.07, 6.45) is 2.55. The van der Waals surface area contributed by atoms with Crippen LogP contribution in [0.5, 0.6) is 23.0 Å². The van der Waals surface area contributed by atoms with Gasteiger partial charge in [0.25, 0.3) is 0 Å². The second-order valence-electron chi connectivity index (χ2n) is 7.14. The van der Waals surface area contributed by atoms with Gasteiger partial charge in [-0.2, -0.15) is 0 Å². The highest BCUT2D eigenvalue weighted by molar-refractivity contribution is 5.88. The molecule has 7 heteroatoms. The summed E-state index contributed by atoms with van der Waals surface area (Å²) in [5, 5.41) is 1.89. The molecule has 0 saturated heterocycles. The van der Waals surface area contributed by atoms with Crippen LogP contribution < -0.4 is 18.9 Å². The van der Waals surface area contributed by atoms with Gasteiger partial charge in [-0.05, 0) is 54.6 Å². The van der Waals surface area contributed by atoms with Gasteiger partial charge in [0.1, 0.15) is 0 Å². The van der Waals surface area contributed by atoms with E-state index in [0.29, 0.717) is 36.0 Å². The minimum absolute atomic E-state index is 0.180. The molecule has 0 aliphatic carbocycles. The van der Waals surface area contributed by atoms with Gasteiger partial charge in [0.05, 0.1) is 40.7 Å². The summed E-state index contributed by atoms with van der Waals surface area (Å²) >= 11 is 0. The van der Waals surface area contributed by atoms with Crippen molar-refractivity contribution in [2.45, 2.75) is 25.7 Å². The number of methoxy groups -OCH3 is 4. The average molecular weight is 440 g/mol. The first-order valence-electron chi connectivity index (χ1n) is 10.4. The first kappa shape index (κ1) is 23.2. The Balaban J connectivity index is 2.15. The molecule has 1 aromatic heterocycles.